The maximum Gasteiger partial charge on any atom is 0.241 e. The highest BCUT2D eigenvalue weighted by Gasteiger charge is 2.37. The number of hydrogen-bond acceptors (Lipinski definition) is 4. The standard InChI is InChI=1S/C16H22N4O3S/c1-12-14(19-9-5-4-8-15(19)17-12)11-18(2)16(21)13-7-6-10-20(13)24(3,22)23/h4-5,8-9,13H,6-7,10-11H2,1-3H3/t13-/m0/s1. The first-order valence-electron chi connectivity index (χ1n) is 7.93. The fourth-order valence-electron chi connectivity index (χ4n) is 3.30. The van der Waals surface area contributed by atoms with Crippen LogP contribution in [0, 0.1) is 6.92 Å². The van der Waals surface area contributed by atoms with Gasteiger partial charge in [-0.1, -0.05) is 6.07 Å². The number of nitrogens with zero attached hydrogens (tertiary/aromatic N) is 4. The Hall–Kier alpha value is -1.93. The van der Waals surface area contributed by atoms with E-state index in [0.717, 1.165) is 23.3 Å². The van der Waals surface area contributed by atoms with Crippen molar-refractivity contribution in [3.63, 3.8) is 0 Å². The molecule has 7 nitrogen and oxygen atoms in total. The number of imidazole rings is 1. The van der Waals surface area contributed by atoms with Crippen molar-refractivity contribution in [3.8, 4) is 0 Å². The van der Waals surface area contributed by atoms with Gasteiger partial charge in [0.15, 0.2) is 0 Å². The molecule has 1 amide bonds. The van der Waals surface area contributed by atoms with Crippen LogP contribution in [-0.2, 0) is 21.4 Å². The van der Waals surface area contributed by atoms with E-state index in [1.54, 1.807) is 11.9 Å². The topological polar surface area (TPSA) is 75.0 Å². The quantitative estimate of drug-likeness (QED) is 0.825. The van der Waals surface area contributed by atoms with Crippen molar-refractivity contribution >= 4 is 21.6 Å². The van der Waals surface area contributed by atoms with E-state index < -0.39 is 16.1 Å². The normalized spacial score (nSPS) is 19.0. The second-order valence-electron chi connectivity index (χ2n) is 6.30. The van der Waals surface area contributed by atoms with E-state index in [0.29, 0.717) is 25.9 Å². The van der Waals surface area contributed by atoms with E-state index in [2.05, 4.69) is 4.98 Å². The monoisotopic (exact) mass is 350 g/mol. The van der Waals surface area contributed by atoms with Crippen LogP contribution < -0.4 is 0 Å². The molecule has 0 unspecified atom stereocenters. The molecule has 3 rings (SSSR count). The average Bonchev–Trinajstić information content (AvgIpc) is 3.12. The van der Waals surface area contributed by atoms with E-state index in [-0.39, 0.29) is 5.91 Å². The molecule has 2 aromatic heterocycles. The number of fused-ring (bicyclic) bond motifs is 1. The van der Waals surface area contributed by atoms with Gasteiger partial charge in [0.25, 0.3) is 0 Å². The van der Waals surface area contributed by atoms with E-state index in [9.17, 15) is 13.2 Å². The Labute approximate surface area is 141 Å². The van der Waals surface area contributed by atoms with Crippen LogP contribution in [0.3, 0.4) is 0 Å². The van der Waals surface area contributed by atoms with Gasteiger partial charge in [-0.2, -0.15) is 4.31 Å². The van der Waals surface area contributed by atoms with Crippen molar-refractivity contribution in [1.82, 2.24) is 18.6 Å². The van der Waals surface area contributed by atoms with Gasteiger partial charge >= 0.3 is 0 Å². The molecule has 3 heterocycles. The van der Waals surface area contributed by atoms with E-state index in [1.807, 2.05) is 35.7 Å². The Morgan fingerprint density at radius 1 is 1.42 bits per heavy atom. The molecule has 0 aliphatic carbocycles. The van der Waals surface area contributed by atoms with E-state index in [4.69, 9.17) is 0 Å². The highest BCUT2D eigenvalue weighted by molar-refractivity contribution is 7.88. The van der Waals surface area contributed by atoms with Crippen LogP contribution in [0.2, 0.25) is 0 Å². The lowest BCUT2D eigenvalue weighted by atomic mass is 10.2. The lowest BCUT2D eigenvalue weighted by molar-refractivity contribution is -0.133. The predicted molar refractivity (Wildman–Crippen MR) is 91.0 cm³/mol. The minimum atomic E-state index is -3.37. The van der Waals surface area contributed by atoms with Crippen molar-refractivity contribution in [2.24, 2.45) is 0 Å². The van der Waals surface area contributed by atoms with Gasteiger partial charge in [-0.05, 0) is 31.9 Å². The summed E-state index contributed by atoms with van der Waals surface area (Å²) < 4.78 is 27.0. The number of hydrogen-bond donors (Lipinski definition) is 0. The molecule has 0 N–H and O–H groups in total. The lowest BCUT2D eigenvalue weighted by Crippen LogP contribution is -2.46. The first-order valence-corrected chi connectivity index (χ1v) is 9.78. The molecule has 24 heavy (non-hydrogen) atoms. The smallest absolute Gasteiger partial charge is 0.241 e. The Kier molecular flexibility index (Phi) is 4.35. The summed E-state index contributed by atoms with van der Waals surface area (Å²) in [5, 5.41) is 0. The molecule has 0 bridgehead atoms. The summed E-state index contributed by atoms with van der Waals surface area (Å²) >= 11 is 0. The van der Waals surface area contributed by atoms with Gasteiger partial charge in [-0.3, -0.25) is 4.79 Å². The number of pyridine rings is 1. The van der Waals surface area contributed by atoms with Gasteiger partial charge < -0.3 is 9.30 Å². The Balaban J connectivity index is 1.82. The number of aryl methyl sites for hydroxylation is 1. The van der Waals surface area contributed by atoms with Crippen LogP contribution >= 0.6 is 0 Å². The molecule has 130 valence electrons. The Morgan fingerprint density at radius 2 is 2.17 bits per heavy atom. The van der Waals surface area contributed by atoms with Gasteiger partial charge in [0.1, 0.15) is 11.7 Å². The summed E-state index contributed by atoms with van der Waals surface area (Å²) in [6.07, 6.45) is 4.36. The number of carbonyl (C=O) groups is 1. The minimum Gasteiger partial charge on any atom is -0.338 e. The molecule has 0 aromatic carbocycles. The van der Waals surface area contributed by atoms with Gasteiger partial charge in [0.2, 0.25) is 15.9 Å². The number of amides is 1. The van der Waals surface area contributed by atoms with Crippen LogP contribution in [0.4, 0.5) is 0 Å². The van der Waals surface area contributed by atoms with Gasteiger partial charge in [-0.25, -0.2) is 13.4 Å². The largest absolute Gasteiger partial charge is 0.338 e. The molecule has 1 saturated heterocycles. The zero-order valence-electron chi connectivity index (χ0n) is 14.1. The third kappa shape index (κ3) is 3.03. The number of aromatic nitrogens is 2. The van der Waals surface area contributed by atoms with Crippen molar-refractivity contribution in [1.29, 1.82) is 0 Å². The van der Waals surface area contributed by atoms with Crippen LogP contribution in [0.1, 0.15) is 24.2 Å². The molecule has 0 saturated carbocycles. The van der Waals surface area contributed by atoms with Crippen molar-refractivity contribution in [2.45, 2.75) is 32.4 Å². The third-order valence-electron chi connectivity index (χ3n) is 4.51. The molecular weight excluding hydrogens is 328 g/mol. The van der Waals surface area contributed by atoms with Crippen molar-refractivity contribution in [2.75, 3.05) is 19.8 Å². The zero-order valence-corrected chi connectivity index (χ0v) is 15.0. The summed E-state index contributed by atoms with van der Waals surface area (Å²) in [6, 6.07) is 5.16. The molecule has 1 atom stereocenters. The second kappa shape index (κ2) is 6.18. The SMILES string of the molecule is Cc1nc2ccccn2c1CN(C)C(=O)[C@@H]1CCCN1S(C)(=O)=O. The number of carbonyl (C=O) groups excluding carboxylic acids is 1. The summed E-state index contributed by atoms with van der Waals surface area (Å²) in [7, 11) is -1.66. The average molecular weight is 350 g/mol. The summed E-state index contributed by atoms with van der Waals surface area (Å²) in [4.78, 5) is 18.9. The third-order valence-corrected chi connectivity index (χ3v) is 5.80. The molecule has 2 aromatic rings. The first kappa shape index (κ1) is 16.9. The van der Waals surface area contributed by atoms with Crippen molar-refractivity contribution < 1.29 is 13.2 Å². The van der Waals surface area contributed by atoms with Crippen molar-refractivity contribution in [3.05, 3.63) is 35.8 Å². The number of sulfonamides is 1. The fourth-order valence-corrected chi connectivity index (χ4v) is 4.41. The Bertz CT molecular complexity index is 875. The maximum absolute atomic E-state index is 12.8. The number of likely N-dealkylation sites (N-methyl/N-ethyl adjacent to an activating group) is 1. The fraction of sp³-hybridized carbons (Fsp3) is 0.500. The molecule has 8 heteroatoms. The van der Waals surface area contributed by atoms with E-state index >= 15 is 0 Å². The number of rotatable bonds is 4. The van der Waals surface area contributed by atoms with Gasteiger partial charge in [0, 0.05) is 19.8 Å². The Morgan fingerprint density at radius 3 is 2.88 bits per heavy atom. The molecule has 1 fully saturated rings. The van der Waals surface area contributed by atoms with E-state index in [1.165, 1.54) is 4.31 Å². The zero-order chi connectivity index (χ0) is 17.5. The van der Waals surface area contributed by atoms with Crippen LogP contribution in [-0.4, -0.2) is 58.8 Å². The summed E-state index contributed by atoms with van der Waals surface area (Å²) in [5.41, 5.74) is 2.64. The molecule has 0 spiro atoms. The second-order valence-corrected chi connectivity index (χ2v) is 8.23. The van der Waals surface area contributed by atoms with Gasteiger partial charge in [0.05, 0.1) is 24.2 Å². The molecule has 1 aliphatic heterocycles. The van der Waals surface area contributed by atoms with Crippen LogP contribution in [0.25, 0.3) is 5.65 Å². The molecule has 0 radical (unpaired) electrons. The lowest BCUT2D eigenvalue weighted by Gasteiger charge is -2.26. The molecular formula is C16H22N4O3S. The summed E-state index contributed by atoms with van der Waals surface area (Å²) in [5.74, 6) is -0.164. The molecule has 1 aliphatic rings. The summed E-state index contributed by atoms with van der Waals surface area (Å²) in [6.45, 7) is 2.72. The van der Waals surface area contributed by atoms with Crippen LogP contribution in [0.5, 0.6) is 0 Å². The maximum atomic E-state index is 12.8. The highest BCUT2D eigenvalue weighted by atomic mass is 32.2. The highest BCUT2D eigenvalue weighted by Crippen LogP contribution is 2.23. The first-order chi connectivity index (χ1) is 11.3. The predicted octanol–water partition coefficient (Wildman–Crippen LogP) is 1.03. The minimum absolute atomic E-state index is 0.164. The van der Waals surface area contributed by atoms with Crippen LogP contribution in [0.15, 0.2) is 24.4 Å². The van der Waals surface area contributed by atoms with Gasteiger partial charge in [-0.15, -0.1) is 0 Å².